The van der Waals surface area contributed by atoms with E-state index in [1.807, 2.05) is 0 Å². The van der Waals surface area contributed by atoms with Crippen LogP contribution in [0, 0.1) is 5.82 Å². The molecule has 1 fully saturated rings. The SMILES string of the molecule is CC1CCCN1C(CN)c1ccc(F)c(Cl)c1. The monoisotopic (exact) mass is 256 g/mol. The van der Waals surface area contributed by atoms with Crippen LogP contribution in [0.3, 0.4) is 0 Å². The second kappa shape index (κ2) is 5.34. The van der Waals surface area contributed by atoms with Crippen molar-refractivity contribution < 1.29 is 4.39 Å². The first-order valence-corrected chi connectivity index (χ1v) is 6.42. The third-order valence-electron chi connectivity index (χ3n) is 3.56. The molecule has 0 aromatic heterocycles. The number of rotatable bonds is 3. The fraction of sp³-hybridized carbons (Fsp3) is 0.538. The molecule has 0 radical (unpaired) electrons. The second-order valence-electron chi connectivity index (χ2n) is 4.65. The molecule has 94 valence electrons. The van der Waals surface area contributed by atoms with Crippen LogP contribution in [-0.2, 0) is 0 Å². The minimum atomic E-state index is -0.374. The lowest BCUT2D eigenvalue weighted by Gasteiger charge is -2.31. The molecule has 2 N–H and O–H groups in total. The summed E-state index contributed by atoms with van der Waals surface area (Å²) < 4.78 is 13.1. The van der Waals surface area contributed by atoms with Crippen molar-refractivity contribution in [2.75, 3.05) is 13.1 Å². The lowest BCUT2D eigenvalue weighted by atomic mass is 10.0. The molecule has 0 bridgehead atoms. The van der Waals surface area contributed by atoms with E-state index in [0.29, 0.717) is 12.6 Å². The van der Waals surface area contributed by atoms with Gasteiger partial charge in [0.15, 0.2) is 0 Å². The first-order valence-electron chi connectivity index (χ1n) is 6.04. The maximum Gasteiger partial charge on any atom is 0.141 e. The second-order valence-corrected chi connectivity index (χ2v) is 5.06. The highest BCUT2D eigenvalue weighted by Crippen LogP contribution is 2.30. The summed E-state index contributed by atoms with van der Waals surface area (Å²) >= 11 is 5.82. The summed E-state index contributed by atoms with van der Waals surface area (Å²) in [4.78, 5) is 2.38. The molecule has 2 unspecified atom stereocenters. The Hall–Kier alpha value is -0.640. The molecule has 0 aliphatic carbocycles. The molecule has 0 saturated carbocycles. The van der Waals surface area contributed by atoms with Gasteiger partial charge in [-0.2, -0.15) is 0 Å². The van der Waals surface area contributed by atoms with Gasteiger partial charge in [-0.05, 0) is 44.0 Å². The Morgan fingerprint density at radius 1 is 1.59 bits per heavy atom. The van der Waals surface area contributed by atoms with E-state index in [1.54, 1.807) is 12.1 Å². The first-order chi connectivity index (χ1) is 8.13. The van der Waals surface area contributed by atoms with E-state index in [0.717, 1.165) is 12.1 Å². The number of hydrogen-bond donors (Lipinski definition) is 1. The van der Waals surface area contributed by atoms with E-state index in [1.165, 1.54) is 18.9 Å². The van der Waals surface area contributed by atoms with Crippen LogP contribution in [0.25, 0.3) is 0 Å². The molecule has 1 aliphatic rings. The molecule has 2 nitrogen and oxygen atoms in total. The Kier molecular flexibility index (Phi) is 4.02. The lowest BCUT2D eigenvalue weighted by Crippen LogP contribution is -2.36. The van der Waals surface area contributed by atoms with Gasteiger partial charge >= 0.3 is 0 Å². The molecule has 1 aliphatic heterocycles. The quantitative estimate of drug-likeness (QED) is 0.901. The van der Waals surface area contributed by atoms with E-state index in [2.05, 4.69) is 11.8 Å². The summed E-state index contributed by atoms with van der Waals surface area (Å²) in [5.41, 5.74) is 6.86. The van der Waals surface area contributed by atoms with Crippen molar-refractivity contribution >= 4 is 11.6 Å². The summed E-state index contributed by atoms with van der Waals surface area (Å²) in [5.74, 6) is -0.374. The van der Waals surface area contributed by atoms with E-state index < -0.39 is 0 Å². The molecule has 1 heterocycles. The topological polar surface area (TPSA) is 29.3 Å². The summed E-state index contributed by atoms with van der Waals surface area (Å²) in [6, 6.07) is 5.57. The van der Waals surface area contributed by atoms with Crippen LogP contribution in [0.2, 0.25) is 5.02 Å². The average Bonchev–Trinajstić information content (AvgIpc) is 2.71. The molecule has 2 rings (SSSR count). The highest BCUT2D eigenvalue weighted by atomic mass is 35.5. The number of benzene rings is 1. The van der Waals surface area contributed by atoms with Crippen molar-refractivity contribution in [3.05, 3.63) is 34.6 Å². The molecule has 17 heavy (non-hydrogen) atoms. The van der Waals surface area contributed by atoms with Crippen LogP contribution < -0.4 is 5.73 Å². The highest BCUT2D eigenvalue weighted by molar-refractivity contribution is 6.30. The van der Waals surface area contributed by atoms with Crippen LogP contribution in [0.4, 0.5) is 4.39 Å². The van der Waals surface area contributed by atoms with Crippen molar-refractivity contribution in [1.29, 1.82) is 0 Å². The first kappa shape index (κ1) is 12.8. The van der Waals surface area contributed by atoms with Crippen molar-refractivity contribution in [2.24, 2.45) is 5.73 Å². The molecule has 0 spiro atoms. The van der Waals surface area contributed by atoms with Crippen LogP contribution in [-0.4, -0.2) is 24.0 Å². The highest BCUT2D eigenvalue weighted by Gasteiger charge is 2.28. The van der Waals surface area contributed by atoms with E-state index in [4.69, 9.17) is 17.3 Å². The fourth-order valence-corrected chi connectivity index (χ4v) is 2.79. The summed E-state index contributed by atoms with van der Waals surface area (Å²) in [5, 5.41) is 0.174. The van der Waals surface area contributed by atoms with Crippen LogP contribution in [0.1, 0.15) is 31.4 Å². The van der Waals surface area contributed by atoms with Crippen LogP contribution in [0.15, 0.2) is 18.2 Å². The van der Waals surface area contributed by atoms with Gasteiger partial charge in [-0.25, -0.2) is 4.39 Å². The van der Waals surface area contributed by atoms with Gasteiger partial charge in [0, 0.05) is 18.6 Å². The fourth-order valence-electron chi connectivity index (χ4n) is 2.60. The Balaban J connectivity index is 2.25. The van der Waals surface area contributed by atoms with Crippen molar-refractivity contribution in [3.8, 4) is 0 Å². The molecular weight excluding hydrogens is 239 g/mol. The van der Waals surface area contributed by atoms with Crippen molar-refractivity contribution in [2.45, 2.75) is 31.8 Å². The minimum absolute atomic E-state index is 0.144. The molecule has 2 atom stereocenters. The zero-order valence-corrected chi connectivity index (χ0v) is 10.8. The van der Waals surface area contributed by atoms with Crippen molar-refractivity contribution in [1.82, 2.24) is 4.90 Å². The minimum Gasteiger partial charge on any atom is -0.329 e. The predicted octanol–water partition coefficient (Wildman–Crippen LogP) is 2.96. The van der Waals surface area contributed by atoms with Gasteiger partial charge in [-0.1, -0.05) is 17.7 Å². The zero-order chi connectivity index (χ0) is 12.4. The van der Waals surface area contributed by atoms with E-state index >= 15 is 0 Å². The van der Waals surface area contributed by atoms with Gasteiger partial charge in [0.25, 0.3) is 0 Å². The third-order valence-corrected chi connectivity index (χ3v) is 3.85. The summed E-state index contributed by atoms with van der Waals surface area (Å²) in [6.07, 6.45) is 2.40. The average molecular weight is 257 g/mol. The number of halogens is 2. The van der Waals surface area contributed by atoms with Gasteiger partial charge in [0.1, 0.15) is 5.82 Å². The van der Waals surface area contributed by atoms with Gasteiger partial charge in [-0.3, -0.25) is 4.90 Å². The summed E-state index contributed by atoms with van der Waals surface area (Å²) in [6.45, 7) is 3.80. The van der Waals surface area contributed by atoms with Gasteiger partial charge < -0.3 is 5.73 Å². The number of nitrogens with zero attached hydrogens (tertiary/aromatic N) is 1. The molecule has 1 aromatic carbocycles. The molecule has 0 amide bonds. The zero-order valence-electron chi connectivity index (χ0n) is 10.00. The third kappa shape index (κ3) is 2.62. The lowest BCUT2D eigenvalue weighted by molar-refractivity contribution is 0.195. The Morgan fingerprint density at radius 3 is 2.88 bits per heavy atom. The predicted molar refractivity (Wildman–Crippen MR) is 68.6 cm³/mol. The Morgan fingerprint density at radius 2 is 2.35 bits per heavy atom. The number of nitrogens with two attached hydrogens (primary N) is 1. The number of hydrogen-bond acceptors (Lipinski definition) is 2. The maximum absolute atomic E-state index is 13.1. The maximum atomic E-state index is 13.1. The molecule has 1 saturated heterocycles. The standard InChI is InChI=1S/C13H18ClFN2/c1-9-3-2-6-17(9)13(8-16)10-4-5-12(15)11(14)7-10/h4-5,7,9,13H,2-3,6,8,16H2,1H3. The number of likely N-dealkylation sites (tertiary alicyclic amines) is 1. The Bertz CT molecular complexity index is 397. The van der Waals surface area contributed by atoms with E-state index in [9.17, 15) is 4.39 Å². The van der Waals surface area contributed by atoms with E-state index in [-0.39, 0.29) is 16.9 Å². The summed E-state index contributed by atoms with van der Waals surface area (Å²) in [7, 11) is 0. The molecule has 4 heteroatoms. The van der Waals surface area contributed by atoms with Crippen molar-refractivity contribution in [3.63, 3.8) is 0 Å². The Labute approximate surface area is 107 Å². The van der Waals surface area contributed by atoms with Gasteiger partial charge in [-0.15, -0.1) is 0 Å². The largest absolute Gasteiger partial charge is 0.329 e. The normalized spacial score (nSPS) is 22.9. The van der Waals surface area contributed by atoms with Crippen LogP contribution in [0.5, 0.6) is 0 Å². The smallest absolute Gasteiger partial charge is 0.141 e. The van der Waals surface area contributed by atoms with Gasteiger partial charge in [0.2, 0.25) is 0 Å². The van der Waals surface area contributed by atoms with Crippen LogP contribution >= 0.6 is 11.6 Å². The van der Waals surface area contributed by atoms with Gasteiger partial charge in [0.05, 0.1) is 5.02 Å². The molecule has 1 aromatic rings. The molecular formula is C13H18ClFN2.